The number of nitrogens with zero attached hydrogens (tertiary/aromatic N) is 2. The molecular formula is C20H32N2OS. The summed E-state index contributed by atoms with van der Waals surface area (Å²) in [4.78, 5) is 15.8. The van der Waals surface area contributed by atoms with Gasteiger partial charge in [0.1, 0.15) is 0 Å². The van der Waals surface area contributed by atoms with E-state index >= 15 is 0 Å². The highest BCUT2D eigenvalue weighted by Crippen LogP contribution is 2.26. The number of amides is 1. The second kappa shape index (κ2) is 10.7. The third kappa shape index (κ3) is 6.39. The fourth-order valence-corrected chi connectivity index (χ4v) is 3.88. The van der Waals surface area contributed by atoms with E-state index in [2.05, 4.69) is 36.1 Å². The molecule has 0 unspecified atom stereocenters. The molecule has 0 radical (unpaired) electrons. The van der Waals surface area contributed by atoms with E-state index in [-0.39, 0.29) is 5.91 Å². The molecule has 2 rings (SSSR count). The van der Waals surface area contributed by atoms with Crippen LogP contribution in [0.2, 0.25) is 0 Å². The molecule has 134 valence electrons. The van der Waals surface area contributed by atoms with E-state index in [4.69, 9.17) is 0 Å². The van der Waals surface area contributed by atoms with Crippen molar-refractivity contribution in [2.75, 3.05) is 25.0 Å². The highest BCUT2D eigenvalue weighted by atomic mass is 32.2. The lowest BCUT2D eigenvalue weighted by molar-refractivity contribution is -0.125. The predicted molar refractivity (Wildman–Crippen MR) is 105 cm³/mol. The summed E-state index contributed by atoms with van der Waals surface area (Å²) < 4.78 is 1.79. The molecule has 1 aliphatic rings. The molecule has 0 N–H and O–H groups in total. The van der Waals surface area contributed by atoms with Crippen LogP contribution in [0.15, 0.2) is 29.2 Å². The van der Waals surface area contributed by atoms with Crippen LogP contribution in [-0.2, 0) is 4.79 Å². The Bertz CT molecular complexity index is 483. The maximum Gasteiger partial charge on any atom is 0.232 e. The van der Waals surface area contributed by atoms with Crippen LogP contribution in [0.5, 0.6) is 0 Å². The van der Waals surface area contributed by atoms with Gasteiger partial charge in [-0.1, -0.05) is 39.0 Å². The predicted octanol–water partition coefficient (Wildman–Crippen LogP) is 5.50. The fraction of sp³-hybridized carbons (Fsp3) is 0.650. The van der Waals surface area contributed by atoms with Gasteiger partial charge in [-0.3, -0.25) is 9.10 Å². The van der Waals surface area contributed by atoms with Crippen LogP contribution in [0.3, 0.4) is 0 Å². The Balaban J connectivity index is 1.68. The Hall–Kier alpha value is -1.16. The zero-order valence-corrected chi connectivity index (χ0v) is 16.1. The number of benzene rings is 1. The quantitative estimate of drug-likeness (QED) is 0.412. The first-order chi connectivity index (χ1) is 11.7. The third-order valence-corrected chi connectivity index (χ3v) is 5.61. The van der Waals surface area contributed by atoms with Gasteiger partial charge in [0.25, 0.3) is 0 Å². The molecule has 0 aliphatic carbocycles. The summed E-state index contributed by atoms with van der Waals surface area (Å²) in [5.41, 5.74) is 1.30. The molecule has 0 aromatic heterocycles. The van der Waals surface area contributed by atoms with E-state index in [1.807, 2.05) is 7.05 Å². The van der Waals surface area contributed by atoms with Gasteiger partial charge in [0, 0.05) is 37.1 Å². The molecule has 4 heteroatoms. The molecule has 0 atom stereocenters. The lowest BCUT2D eigenvalue weighted by Gasteiger charge is -2.19. The maximum absolute atomic E-state index is 12.2. The van der Waals surface area contributed by atoms with E-state index in [0.717, 1.165) is 11.3 Å². The Morgan fingerprint density at radius 3 is 2.33 bits per heavy atom. The van der Waals surface area contributed by atoms with Crippen LogP contribution in [-0.4, -0.2) is 30.3 Å². The van der Waals surface area contributed by atoms with Crippen molar-refractivity contribution in [3.05, 3.63) is 24.3 Å². The van der Waals surface area contributed by atoms with Crippen molar-refractivity contribution in [3.8, 4) is 0 Å². The van der Waals surface area contributed by atoms with E-state index < -0.39 is 0 Å². The van der Waals surface area contributed by atoms with E-state index in [1.165, 1.54) is 63.7 Å². The van der Waals surface area contributed by atoms with Crippen LogP contribution >= 0.6 is 11.9 Å². The molecule has 1 aliphatic heterocycles. The normalized spacial score (nSPS) is 14.2. The molecule has 1 heterocycles. The smallest absolute Gasteiger partial charge is 0.232 e. The average Bonchev–Trinajstić information content (AvgIpc) is 3.13. The minimum absolute atomic E-state index is 0.235. The van der Waals surface area contributed by atoms with Gasteiger partial charge < -0.3 is 4.90 Å². The van der Waals surface area contributed by atoms with Crippen LogP contribution < -0.4 is 4.90 Å². The van der Waals surface area contributed by atoms with Crippen LogP contribution in [0.25, 0.3) is 0 Å². The first-order valence-corrected chi connectivity index (χ1v) is 10.3. The zero-order chi connectivity index (χ0) is 17.2. The summed E-state index contributed by atoms with van der Waals surface area (Å²) in [5, 5.41) is 0. The van der Waals surface area contributed by atoms with Gasteiger partial charge in [0.05, 0.1) is 0 Å². The summed E-state index contributed by atoms with van der Waals surface area (Å²) in [6, 6.07) is 8.62. The third-order valence-electron chi connectivity index (χ3n) is 4.65. The number of hydrogen-bond donors (Lipinski definition) is 0. The number of carbonyl (C=O) groups excluding carboxylic acids is 1. The van der Waals surface area contributed by atoms with Gasteiger partial charge in [-0.15, -0.1) is 0 Å². The SMILES string of the molecule is CCCCCCCCC(=O)N(C)Sc1ccc(N2CCCC2)cc1. The Morgan fingerprint density at radius 1 is 1.04 bits per heavy atom. The average molecular weight is 349 g/mol. The van der Waals surface area contributed by atoms with Crippen LogP contribution in [0.1, 0.15) is 64.7 Å². The molecule has 1 saturated heterocycles. The second-order valence-corrected chi connectivity index (χ2v) is 7.89. The number of hydrogen-bond acceptors (Lipinski definition) is 3. The first-order valence-electron chi connectivity index (χ1n) is 9.50. The van der Waals surface area contributed by atoms with Gasteiger partial charge in [0.2, 0.25) is 5.91 Å². The van der Waals surface area contributed by atoms with Gasteiger partial charge >= 0.3 is 0 Å². The second-order valence-electron chi connectivity index (χ2n) is 6.69. The summed E-state index contributed by atoms with van der Waals surface area (Å²) >= 11 is 1.54. The summed E-state index contributed by atoms with van der Waals surface area (Å²) in [5.74, 6) is 0.235. The molecule has 0 spiro atoms. The van der Waals surface area contributed by atoms with Crippen molar-refractivity contribution >= 4 is 23.5 Å². The molecule has 0 bridgehead atoms. The van der Waals surface area contributed by atoms with Gasteiger partial charge in [-0.25, -0.2) is 0 Å². The Kier molecular flexibility index (Phi) is 8.51. The molecule has 1 amide bonds. The molecule has 24 heavy (non-hydrogen) atoms. The highest BCUT2D eigenvalue weighted by molar-refractivity contribution is 7.97. The monoisotopic (exact) mass is 348 g/mol. The van der Waals surface area contributed by atoms with Crippen molar-refractivity contribution in [2.24, 2.45) is 0 Å². The largest absolute Gasteiger partial charge is 0.372 e. The minimum atomic E-state index is 0.235. The Labute approximate surface area is 151 Å². The summed E-state index contributed by atoms with van der Waals surface area (Å²) in [6.45, 7) is 4.57. The van der Waals surface area contributed by atoms with Crippen molar-refractivity contribution < 1.29 is 4.79 Å². The van der Waals surface area contributed by atoms with Gasteiger partial charge in [0.15, 0.2) is 0 Å². The van der Waals surface area contributed by atoms with Gasteiger partial charge in [-0.05, 0) is 55.5 Å². The van der Waals surface area contributed by atoms with E-state index in [1.54, 1.807) is 16.3 Å². The van der Waals surface area contributed by atoms with Gasteiger partial charge in [-0.2, -0.15) is 0 Å². The number of unbranched alkanes of at least 4 members (excludes halogenated alkanes) is 5. The zero-order valence-electron chi connectivity index (χ0n) is 15.3. The topological polar surface area (TPSA) is 23.6 Å². The lowest BCUT2D eigenvalue weighted by Crippen LogP contribution is -2.19. The molecule has 0 saturated carbocycles. The molecule has 1 aromatic carbocycles. The standard InChI is InChI=1S/C20H32N2OS/c1-3-4-5-6-7-8-11-20(23)21(2)24-19-14-12-18(13-15-19)22-16-9-10-17-22/h12-15H,3-11,16-17H2,1-2H3. The molecular weight excluding hydrogens is 316 g/mol. The van der Waals surface area contributed by atoms with Crippen molar-refractivity contribution in [3.63, 3.8) is 0 Å². The lowest BCUT2D eigenvalue weighted by atomic mass is 10.1. The van der Waals surface area contributed by atoms with E-state index in [9.17, 15) is 4.79 Å². The van der Waals surface area contributed by atoms with Crippen molar-refractivity contribution in [1.29, 1.82) is 0 Å². The molecule has 1 fully saturated rings. The molecule has 3 nitrogen and oxygen atoms in total. The number of carbonyl (C=O) groups is 1. The van der Waals surface area contributed by atoms with E-state index in [0.29, 0.717) is 6.42 Å². The summed E-state index contributed by atoms with van der Waals surface area (Å²) in [7, 11) is 1.89. The number of rotatable bonds is 10. The first kappa shape index (κ1) is 19.2. The summed E-state index contributed by atoms with van der Waals surface area (Å²) in [6.07, 6.45) is 10.6. The van der Waals surface area contributed by atoms with Crippen molar-refractivity contribution in [2.45, 2.75) is 69.6 Å². The van der Waals surface area contributed by atoms with Crippen LogP contribution in [0.4, 0.5) is 5.69 Å². The number of anilines is 1. The highest BCUT2D eigenvalue weighted by Gasteiger charge is 2.13. The van der Waals surface area contributed by atoms with Crippen molar-refractivity contribution in [1.82, 2.24) is 4.31 Å². The minimum Gasteiger partial charge on any atom is -0.372 e. The molecule has 1 aromatic rings. The maximum atomic E-state index is 12.2. The van der Waals surface area contributed by atoms with Crippen LogP contribution in [0, 0.1) is 0 Å². The fourth-order valence-electron chi connectivity index (χ4n) is 3.12. The Morgan fingerprint density at radius 2 is 1.67 bits per heavy atom.